The lowest BCUT2D eigenvalue weighted by atomic mass is 9.97. The van der Waals surface area contributed by atoms with Gasteiger partial charge in [0.25, 0.3) is 0 Å². The maximum absolute atomic E-state index is 5.62. The highest BCUT2D eigenvalue weighted by Crippen LogP contribution is 2.28. The van der Waals surface area contributed by atoms with Crippen LogP contribution < -0.4 is 10.1 Å². The fourth-order valence-corrected chi connectivity index (χ4v) is 2.43. The molecule has 2 aromatic carbocycles. The molecule has 0 fully saturated rings. The maximum atomic E-state index is 5.62. The van der Waals surface area contributed by atoms with E-state index in [1.165, 1.54) is 22.3 Å². The molecule has 2 aromatic rings. The van der Waals surface area contributed by atoms with Crippen LogP contribution in [0.4, 0.5) is 0 Å². The van der Waals surface area contributed by atoms with E-state index in [2.05, 4.69) is 55.6 Å². The van der Waals surface area contributed by atoms with Crippen molar-refractivity contribution in [1.29, 1.82) is 0 Å². The molecule has 0 aromatic heterocycles. The molecule has 21 heavy (non-hydrogen) atoms. The van der Waals surface area contributed by atoms with Crippen molar-refractivity contribution in [2.45, 2.75) is 33.7 Å². The second-order valence-electron chi connectivity index (χ2n) is 5.30. The van der Waals surface area contributed by atoms with E-state index in [0.717, 1.165) is 25.3 Å². The number of nitrogens with one attached hydrogen (secondary N) is 1. The Morgan fingerprint density at radius 1 is 1.05 bits per heavy atom. The largest absolute Gasteiger partial charge is 0.494 e. The molecule has 2 nitrogen and oxygen atoms in total. The van der Waals surface area contributed by atoms with Crippen LogP contribution in [0.2, 0.25) is 0 Å². The first-order valence-corrected chi connectivity index (χ1v) is 7.78. The fourth-order valence-electron chi connectivity index (χ4n) is 2.43. The van der Waals surface area contributed by atoms with Crippen LogP contribution in [0, 0.1) is 6.92 Å². The van der Waals surface area contributed by atoms with Gasteiger partial charge in [-0.15, -0.1) is 0 Å². The molecule has 0 aliphatic rings. The zero-order chi connectivity index (χ0) is 15.1. The van der Waals surface area contributed by atoms with Gasteiger partial charge in [-0.3, -0.25) is 0 Å². The van der Waals surface area contributed by atoms with Crippen LogP contribution >= 0.6 is 0 Å². The van der Waals surface area contributed by atoms with E-state index in [9.17, 15) is 0 Å². The van der Waals surface area contributed by atoms with Gasteiger partial charge in [0, 0.05) is 6.54 Å². The minimum absolute atomic E-state index is 0.697. The van der Waals surface area contributed by atoms with Crippen molar-refractivity contribution in [3.8, 4) is 16.9 Å². The van der Waals surface area contributed by atoms with Crippen LogP contribution in [0.5, 0.6) is 5.75 Å². The molecule has 0 saturated carbocycles. The van der Waals surface area contributed by atoms with Crippen molar-refractivity contribution in [2.75, 3.05) is 13.2 Å². The van der Waals surface area contributed by atoms with Crippen molar-refractivity contribution in [2.24, 2.45) is 0 Å². The highest BCUT2D eigenvalue weighted by atomic mass is 16.5. The summed E-state index contributed by atoms with van der Waals surface area (Å²) in [5, 5.41) is 3.49. The molecule has 0 unspecified atom stereocenters. The first-order valence-electron chi connectivity index (χ1n) is 7.78. The Morgan fingerprint density at radius 3 is 2.67 bits per heavy atom. The van der Waals surface area contributed by atoms with E-state index in [1.807, 2.05) is 13.0 Å². The second-order valence-corrected chi connectivity index (χ2v) is 5.30. The fraction of sp³-hybridized carbons (Fsp3) is 0.368. The normalized spacial score (nSPS) is 10.6. The summed E-state index contributed by atoms with van der Waals surface area (Å²) in [5.41, 5.74) is 5.13. The zero-order valence-corrected chi connectivity index (χ0v) is 13.3. The summed E-state index contributed by atoms with van der Waals surface area (Å²) in [6.45, 7) is 8.99. The van der Waals surface area contributed by atoms with Crippen LogP contribution in [0.15, 0.2) is 42.5 Å². The van der Waals surface area contributed by atoms with Gasteiger partial charge in [-0.05, 0) is 55.6 Å². The standard InChI is InChI=1S/C19H25NO/c1-4-11-20-14-17-10-9-15(3)12-19(17)16-7-6-8-18(13-16)21-5-2/h6-10,12-13,20H,4-5,11,14H2,1-3H3. The van der Waals surface area contributed by atoms with Gasteiger partial charge in [0.1, 0.15) is 5.75 Å². The predicted octanol–water partition coefficient (Wildman–Crippen LogP) is 4.56. The van der Waals surface area contributed by atoms with Gasteiger partial charge >= 0.3 is 0 Å². The SMILES string of the molecule is CCCNCc1ccc(C)cc1-c1cccc(OCC)c1. The number of hydrogen-bond acceptors (Lipinski definition) is 2. The Morgan fingerprint density at radius 2 is 1.90 bits per heavy atom. The summed E-state index contributed by atoms with van der Waals surface area (Å²) in [6, 6.07) is 15.0. The van der Waals surface area contributed by atoms with Gasteiger partial charge in [-0.2, -0.15) is 0 Å². The van der Waals surface area contributed by atoms with Gasteiger partial charge in [0.05, 0.1) is 6.61 Å². The van der Waals surface area contributed by atoms with Gasteiger partial charge in [-0.25, -0.2) is 0 Å². The van der Waals surface area contributed by atoms with Gasteiger partial charge in [-0.1, -0.05) is 42.8 Å². The van der Waals surface area contributed by atoms with Crippen molar-refractivity contribution in [1.82, 2.24) is 5.32 Å². The van der Waals surface area contributed by atoms with Crippen molar-refractivity contribution in [3.63, 3.8) is 0 Å². The molecule has 0 amide bonds. The van der Waals surface area contributed by atoms with Crippen molar-refractivity contribution < 1.29 is 4.74 Å². The minimum Gasteiger partial charge on any atom is -0.494 e. The summed E-state index contributed by atoms with van der Waals surface area (Å²) in [5.74, 6) is 0.934. The molecule has 0 bridgehead atoms. The van der Waals surface area contributed by atoms with Crippen molar-refractivity contribution in [3.05, 3.63) is 53.6 Å². The third-order valence-electron chi connectivity index (χ3n) is 3.46. The van der Waals surface area contributed by atoms with E-state index in [0.29, 0.717) is 6.61 Å². The molecule has 0 aliphatic heterocycles. The molecule has 0 radical (unpaired) electrons. The third kappa shape index (κ3) is 4.33. The molecule has 0 spiro atoms. The Labute approximate surface area is 128 Å². The van der Waals surface area contributed by atoms with Gasteiger partial charge in [0.2, 0.25) is 0 Å². The Balaban J connectivity index is 2.32. The third-order valence-corrected chi connectivity index (χ3v) is 3.46. The minimum atomic E-state index is 0.697. The highest BCUT2D eigenvalue weighted by molar-refractivity contribution is 5.69. The second kappa shape index (κ2) is 7.84. The van der Waals surface area contributed by atoms with Crippen LogP contribution in [0.25, 0.3) is 11.1 Å². The number of hydrogen-bond donors (Lipinski definition) is 1. The molecular weight excluding hydrogens is 258 g/mol. The number of benzene rings is 2. The monoisotopic (exact) mass is 283 g/mol. The summed E-state index contributed by atoms with van der Waals surface area (Å²) in [4.78, 5) is 0. The molecule has 112 valence electrons. The van der Waals surface area contributed by atoms with Gasteiger partial charge < -0.3 is 10.1 Å². The lowest BCUT2D eigenvalue weighted by Gasteiger charge is -2.13. The smallest absolute Gasteiger partial charge is 0.119 e. The Bertz CT molecular complexity index is 578. The molecule has 2 heteroatoms. The summed E-state index contributed by atoms with van der Waals surface area (Å²) in [7, 11) is 0. The van der Waals surface area contributed by atoms with Crippen LogP contribution in [-0.4, -0.2) is 13.2 Å². The van der Waals surface area contributed by atoms with Crippen LogP contribution in [0.1, 0.15) is 31.4 Å². The zero-order valence-electron chi connectivity index (χ0n) is 13.3. The van der Waals surface area contributed by atoms with Crippen molar-refractivity contribution >= 4 is 0 Å². The number of aryl methyl sites for hydroxylation is 1. The van der Waals surface area contributed by atoms with E-state index in [4.69, 9.17) is 4.74 Å². The molecular formula is C19H25NO. The number of rotatable bonds is 7. The molecule has 1 N–H and O–H groups in total. The average Bonchev–Trinajstić information content (AvgIpc) is 2.49. The van der Waals surface area contributed by atoms with Crippen LogP contribution in [-0.2, 0) is 6.54 Å². The maximum Gasteiger partial charge on any atom is 0.119 e. The summed E-state index contributed by atoms with van der Waals surface area (Å²) in [6.07, 6.45) is 1.15. The highest BCUT2D eigenvalue weighted by Gasteiger charge is 2.06. The Kier molecular flexibility index (Phi) is 5.82. The van der Waals surface area contributed by atoms with E-state index in [1.54, 1.807) is 0 Å². The number of ether oxygens (including phenoxy) is 1. The van der Waals surface area contributed by atoms with E-state index in [-0.39, 0.29) is 0 Å². The predicted molar refractivity (Wildman–Crippen MR) is 89.8 cm³/mol. The summed E-state index contributed by atoms with van der Waals surface area (Å²) < 4.78 is 5.62. The first-order chi connectivity index (χ1) is 10.2. The Hall–Kier alpha value is -1.80. The van der Waals surface area contributed by atoms with E-state index >= 15 is 0 Å². The van der Waals surface area contributed by atoms with Gasteiger partial charge in [0.15, 0.2) is 0 Å². The molecule has 0 heterocycles. The summed E-state index contributed by atoms with van der Waals surface area (Å²) >= 11 is 0. The quantitative estimate of drug-likeness (QED) is 0.752. The lowest BCUT2D eigenvalue weighted by Crippen LogP contribution is -2.14. The average molecular weight is 283 g/mol. The topological polar surface area (TPSA) is 21.3 Å². The van der Waals surface area contributed by atoms with Crippen LogP contribution in [0.3, 0.4) is 0 Å². The molecule has 0 aliphatic carbocycles. The van der Waals surface area contributed by atoms with E-state index < -0.39 is 0 Å². The first kappa shape index (κ1) is 15.6. The molecule has 2 rings (SSSR count). The lowest BCUT2D eigenvalue weighted by molar-refractivity contribution is 0.340. The molecule has 0 atom stereocenters. The molecule has 0 saturated heterocycles.